The van der Waals surface area contributed by atoms with Crippen LogP contribution in [0, 0.1) is 0 Å². The molecule has 2 nitrogen and oxygen atoms in total. The quantitative estimate of drug-likeness (QED) is 0.741. The largest absolute Gasteiger partial charge is 0.440 e. The molecule has 1 aromatic carbocycles. The van der Waals surface area contributed by atoms with E-state index in [4.69, 9.17) is 21.3 Å². The summed E-state index contributed by atoms with van der Waals surface area (Å²) in [4.78, 5) is 4.84. The molecule has 1 aliphatic carbocycles. The molecule has 18 heavy (non-hydrogen) atoms. The van der Waals surface area contributed by atoms with E-state index in [1.807, 2.05) is 30.3 Å². The number of hydrogen-bond donors (Lipinski definition) is 0. The second-order valence-electron chi connectivity index (χ2n) is 4.95. The number of benzene rings is 1. The van der Waals surface area contributed by atoms with Crippen LogP contribution in [-0.4, -0.2) is 11.4 Å². The Bertz CT molecular complexity index is 486. The van der Waals surface area contributed by atoms with Gasteiger partial charge in [0, 0.05) is 11.1 Å². The summed E-state index contributed by atoms with van der Waals surface area (Å²) in [6, 6.07) is 10.0. The highest BCUT2D eigenvalue weighted by atomic mass is 35.5. The van der Waals surface area contributed by atoms with Crippen LogP contribution in [-0.2, 0) is 4.74 Å². The van der Waals surface area contributed by atoms with E-state index in [9.17, 15) is 0 Å². The fourth-order valence-electron chi connectivity index (χ4n) is 2.79. The minimum absolute atomic E-state index is 0.189. The van der Waals surface area contributed by atoms with Crippen molar-refractivity contribution in [3.05, 3.63) is 47.2 Å². The molecule has 3 rings (SSSR count). The molecular weight excluding hydrogens is 246 g/mol. The minimum Gasteiger partial charge on any atom is -0.440 e. The molecule has 1 aromatic rings. The Kier molecular flexibility index (Phi) is 3.13. The van der Waals surface area contributed by atoms with E-state index >= 15 is 0 Å². The van der Waals surface area contributed by atoms with Gasteiger partial charge in [0.25, 0.3) is 0 Å². The highest BCUT2D eigenvalue weighted by molar-refractivity contribution is 6.26. The second kappa shape index (κ2) is 4.77. The Morgan fingerprint density at radius 3 is 2.50 bits per heavy atom. The fourth-order valence-corrected chi connectivity index (χ4v) is 3.04. The van der Waals surface area contributed by atoms with E-state index in [2.05, 4.69) is 0 Å². The molecule has 1 spiro atoms. The molecule has 0 radical (unpaired) electrons. The van der Waals surface area contributed by atoms with Crippen LogP contribution >= 0.6 is 11.6 Å². The lowest BCUT2D eigenvalue weighted by Crippen LogP contribution is -2.29. The first-order valence-electron chi connectivity index (χ1n) is 6.48. The van der Waals surface area contributed by atoms with Gasteiger partial charge in [-0.05, 0) is 25.0 Å². The average molecular weight is 262 g/mol. The van der Waals surface area contributed by atoms with Crippen molar-refractivity contribution in [2.45, 2.75) is 37.6 Å². The van der Waals surface area contributed by atoms with E-state index in [0.717, 1.165) is 24.2 Å². The first-order chi connectivity index (χ1) is 8.84. The van der Waals surface area contributed by atoms with Crippen LogP contribution in [0.2, 0.25) is 0 Å². The van der Waals surface area contributed by atoms with Crippen molar-refractivity contribution in [1.29, 1.82) is 0 Å². The molecule has 1 fully saturated rings. The molecule has 0 atom stereocenters. The fraction of sp³-hybridized carbons (Fsp3) is 0.400. The average Bonchev–Trinajstić information content (AvgIpc) is 2.79. The van der Waals surface area contributed by atoms with E-state index < -0.39 is 0 Å². The summed E-state index contributed by atoms with van der Waals surface area (Å²) < 4.78 is 5.87. The van der Waals surface area contributed by atoms with Crippen LogP contribution in [0.4, 0.5) is 0 Å². The minimum atomic E-state index is -0.189. The standard InChI is InChI=1S/C15H16ClNO/c16-11-13-15(9-5-2-6-10-15)17-14(18-13)12-7-3-1-4-8-12/h1,3-4,7-8,11H,2,5-6,9-10H2/b13-11+. The third-order valence-corrected chi connectivity index (χ3v) is 3.98. The van der Waals surface area contributed by atoms with Crippen molar-refractivity contribution < 1.29 is 4.74 Å². The number of ether oxygens (including phenoxy) is 1. The van der Waals surface area contributed by atoms with Gasteiger partial charge in [-0.3, -0.25) is 0 Å². The van der Waals surface area contributed by atoms with Gasteiger partial charge in [-0.2, -0.15) is 0 Å². The van der Waals surface area contributed by atoms with Crippen LogP contribution in [0.1, 0.15) is 37.7 Å². The lowest BCUT2D eigenvalue weighted by atomic mass is 9.81. The van der Waals surface area contributed by atoms with Crippen molar-refractivity contribution in [1.82, 2.24) is 0 Å². The van der Waals surface area contributed by atoms with Gasteiger partial charge < -0.3 is 4.74 Å². The van der Waals surface area contributed by atoms with Crippen LogP contribution in [0.3, 0.4) is 0 Å². The van der Waals surface area contributed by atoms with Gasteiger partial charge in [-0.25, -0.2) is 4.99 Å². The van der Waals surface area contributed by atoms with Crippen LogP contribution in [0.25, 0.3) is 0 Å². The molecule has 3 heteroatoms. The Morgan fingerprint density at radius 1 is 1.11 bits per heavy atom. The molecule has 0 unspecified atom stereocenters. The smallest absolute Gasteiger partial charge is 0.222 e. The monoisotopic (exact) mass is 261 g/mol. The van der Waals surface area contributed by atoms with Crippen LogP contribution in [0.15, 0.2) is 46.6 Å². The summed E-state index contributed by atoms with van der Waals surface area (Å²) in [6.45, 7) is 0. The van der Waals surface area contributed by atoms with E-state index in [1.54, 1.807) is 5.54 Å². The van der Waals surface area contributed by atoms with E-state index in [1.165, 1.54) is 19.3 Å². The first-order valence-corrected chi connectivity index (χ1v) is 6.92. The van der Waals surface area contributed by atoms with Gasteiger partial charge in [0.2, 0.25) is 5.90 Å². The van der Waals surface area contributed by atoms with Gasteiger partial charge in [-0.1, -0.05) is 49.1 Å². The predicted octanol–water partition coefficient (Wildman–Crippen LogP) is 4.25. The number of nitrogens with zero attached hydrogens (tertiary/aromatic N) is 1. The van der Waals surface area contributed by atoms with Gasteiger partial charge in [0.1, 0.15) is 11.3 Å². The molecule has 0 saturated heterocycles. The molecule has 1 aliphatic heterocycles. The Hall–Kier alpha value is -1.28. The summed E-state index contributed by atoms with van der Waals surface area (Å²) in [7, 11) is 0. The van der Waals surface area contributed by atoms with Gasteiger partial charge in [0.15, 0.2) is 0 Å². The van der Waals surface area contributed by atoms with E-state index in [-0.39, 0.29) is 5.54 Å². The van der Waals surface area contributed by atoms with Crippen LogP contribution in [0.5, 0.6) is 0 Å². The predicted molar refractivity (Wildman–Crippen MR) is 73.8 cm³/mol. The highest BCUT2D eigenvalue weighted by Gasteiger charge is 2.42. The van der Waals surface area contributed by atoms with Gasteiger partial charge in [-0.15, -0.1) is 0 Å². The number of rotatable bonds is 1. The summed E-state index contributed by atoms with van der Waals surface area (Å²) in [5.41, 5.74) is 2.40. The molecule has 0 N–H and O–H groups in total. The maximum absolute atomic E-state index is 5.92. The SMILES string of the molecule is Cl/C=C1/OC(c2ccccc2)=NC12CCCCC2. The van der Waals surface area contributed by atoms with Gasteiger partial charge in [0.05, 0.1) is 0 Å². The summed E-state index contributed by atoms with van der Waals surface area (Å²) in [5, 5.41) is 0. The molecule has 94 valence electrons. The number of aliphatic imine (C=N–C) groups is 1. The lowest BCUT2D eigenvalue weighted by Gasteiger charge is -2.29. The molecule has 0 aromatic heterocycles. The highest BCUT2D eigenvalue weighted by Crippen LogP contribution is 2.43. The molecule has 0 amide bonds. The summed E-state index contributed by atoms with van der Waals surface area (Å²) in [6.07, 6.45) is 5.77. The zero-order valence-corrected chi connectivity index (χ0v) is 11.0. The maximum atomic E-state index is 5.92. The zero-order valence-electron chi connectivity index (χ0n) is 10.2. The Balaban J connectivity index is 1.97. The number of hydrogen-bond acceptors (Lipinski definition) is 2. The van der Waals surface area contributed by atoms with E-state index in [0.29, 0.717) is 5.90 Å². The normalized spacial score (nSPS) is 24.1. The molecular formula is C15H16ClNO. The molecule has 1 heterocycles. The first kappa shape index (κ1) is 11.8. The maximum Gasteiger partial charge on any atom is 0.222 e. The van der Waals surface area contributed by atoms with Crippen molar-refractivity contribution in [3.63, 3.8) is 0 Å². The third-order valence-electron chi connectivity index (χ3n) is 3.78. The van der Waals surface area contributed by atoms with Crippen molar-refractivity contribution >= 4 is 17.5 Å². The molecule has 0 bridgehead atoms. The number of halogens is 1. The second-order valence-corrected chi connectivity index (χ2v) is 5.17. The Labute approximate surface area is 112 Å². The lowest BCUT2D eigenvalue weighted by molar-refractivity contribution is 0.284. The third kappa shape index (κ3) is 1.95. The molecule has 2 aliphatic rings. The Morgan fingerprint density at radius 2 is 1.83 bits per heavy atom. The van der Waals surface area contributed by atoms with Gasteiger partial charge >= 0.3 is 0 Å². The molecule has 1 saturated carbocycles. The van der Waals surface area contributed by atoms with Crippen molar-refractivity contribution in [2.75, 3.05) is 0 Å². The summed E-state index contributed by atoms with van der Waals surface area (Å²) >= 11 is 5.92. The van der Waals surface area contributed by atoms with Crippen molar-refractivity contribution in [2.24, 2.45) is 4.99 Å². The topological polar surface area (TPSA) is 21.6 Å². The summed E-state index contributed by atoms with van der Waals surface area (Å²) in [5.74, 6) is 1.53. The van der Waals surface area contributed by atoms with Crippen LogP contribution < -0.4 is 0 Å². The zero-order chi connectivity index (χ0) is 12.4. The van der Waals surface area contributed by atoms with Crippen molar-refractivity contribution in [3.8, 4) is 0 Å².